The summed E-state index contributed by atoms with van der Waals surface area (Å²) in [5, 5.41) is 0. The SMILES string of the molecule is CC[C@@H](c1ccc(OC)cc1)[C@@]12CCO[C@@H]1N(C)c1ccccc12. The summed E-state index contributed by atoms with van der Waals surface area (Å²) in [4.78, 5) is 2.33. The first-order chi connectivity index (χ1) is 11.7. The van der Waals surface area contributed by atoms with Crippen LogP contribution in [0.15, 0.2) is 48.5 Å². The Hall–Kier alpha value is -2.00. The van der Waals surface area contributed by atoms with Gasteiger partial charge < -0.3 is 14.4 Å². The fourth-order valence-electron chi connectivity index (χ4n) is 4.91. The minimum Gasteiger partial charge on any atom is -0.497 e. The molecule has 0 unspecified atom stereocenters. The van der Waals surface area contributed by atoms with Gasteiger partial charge >= 0.3 is 0 Å². The molecule has 0 amide bonds. The molecule has 0 radical (unpaired) electrons. The summed E-state index contributed by atoms with van der Waals surface area (Å²) in [7, 11) is 3.88. The molecule has 0 spiro atoms. The van der Waals surface area contributed by atoms with Crippen molar-refractivity contribution in [2.45, 2.75) is 37.3 Å². The summed E-state index contributed by atoms with van der Waals surface area (Å²) in [6.07, 6.45) is 2.29. The summed E-state index contributed by atoms with van der Waals surface area (Å²) < 4.78 is 11.6. The third-order valence-electron chi connectivity index (χ3n) is 5.92. The lowest BCUT2D eigenvalue weighted by atomic mass is 9.65. The van der Waals surface area contributed by atoms with Crippen molar-refractivity contribution < 1.29 is 9.47 Å². The van der Waals surface area contributed by atoms with Crippen LogP contribution in [-0.4, -0.2) is 27.0 Å². The quantitative estimate of drug-likeness (QED) is 0.836. The van der Waals surface area contributed by atoms with Gasteiger partial charge in [0.2, 0.25) is 0 Å². The van der Waals surface area contributed by atoms with Crippen LogP contribution in [0.4, 0.5) is 5.69 Å². The number of likely N-dealkylation sites (N-methyl/N-ethyl adjacent to an activating group) is 1. The summed E-state index contributed by atoms with van der Waals surface area (Å²) in [6, 6.07) is 17.4. The Morgan fingerprint density at radius 3 is 2.67 bits per heavy atom. The molecule has 3 heteroatoms. The van der Waals surface area contributed by atoms with E-state index in [4.69, 9.17) is 9.47 Å². The molecule has 0 N–H and O–H groups in total. The number of methoxy groups -OCH3 is 1. The van der Waals surface area contributed by atoms with E-state index in [2.05, 4.69) is 67.4 Å². The zero-order valence-corrected chi connectivity index (χ0v) is 14.7. The van der Waals surface area contributed by atoms with E-state index in [1.54, 1.807) is 7.11 Å². The molecule has 1 fully saturated rings. The van der Waals surface area contributed by atoms with Gasteiger partial charge in [0, 0.05) is 12.7 Å². The average molecular weight is 323 g/mol. The lowest BCUT2D eigenvalue weighted by Crippen LogP contribution is -2.44. The van der Waals surface area contributed by atoms with Gasteiger partial charge in [0.1, 0.15) is 12.0 Å². The van der Waals surface area contributed by atoms with Crippen molar-refractivity contribution in [2.24, 2.45) is 0 Å². The molecule has 2 aromatic rings. The maximum absolute atomic E-state index is 6.23. The van der Waals surface area contributed by atoms with Crippen LogP contribution in [-0.2, 0) is 10.2 Å². The lowest BCUT2D eigenvalue weighted by molar-refractivity contribution is 0.0787. The summed E-state index contributed by atoms with van der Waals surface area (Å²) in [5.41, 5.74) is 4.17. The van der Waals surface area contributed by atoms with Crippen molar-refractivity contribution in [1.82, 2.24) is 0 Å². The minimum atomic E-state index is 0.0364. The van der Waals surface area contributed by atoms with E-state index in [0.29, 0.717) is 5.92 Å². The number of anilines is 1. The molecule has 0 aromatic heterocycles. The summed E-state index contributed by atoms with van der Waals surface area (Å²) in [5.74, 6) is 1.34. The predicted molar refractivity (Wildman–Crippen MR) is 96.9 cm³/mol. The number of nitrogens with zero attached hydrogens (tertiary/aromatic N) is 1. The number of benzene rings is 2. The molecule has 126 valence electrons. The van der Waals surface area contributed by atoms with Gasteiger partial charge in [-0.2, -0.15) is 0 Å². The van der Waals surface area contributed by atoms with Crippen LogP contribution >= 0.6 is 0 Å². The van der Waals surface area contributed by atoms with Crippen molar-refractivity contribution in [3.8, 4) is 5.75 Å². The number of fused-ring (bicyclic) bond motifs is 3. The van der Waals surface area contributed by atoms with E-state index in [0.717, 1.165) is 25.2 Å². The van der Waals surface area contributed by atoms with Crippen molar-refractivity contribution in [2.75, 3.05) is 25.7 Å². The molecule has 2 aliphatic rings. The van der Waals surface area contributed by atoms with E-state index in [9.17, 15) is 0 Å². The monoisotopic (exact) mass is 323 g/mol. The Labute approximate surface area is 144 Å². The maximum atomic E-state index is 6.23. The molecule has 0 bridgehead atoms. The third kappa shape index (κ3) is 2.01. The number of hydrogen-bond acceptors (Lipinski definition) is 3. The predicted octanol–water partition coefficient (Wildman–Crippen LogP) is 4.32. The fourth-order valence-corrected chi connectivity index (χ4v) is 4.91. The van der Waals surface area contributed by atoms with E-state index < -0.39 is 0 Å². The van der Waals surface area contributed by atoms with E-state index in [-0.39, 0.29) is 11.6 Å². The zero-order chi connectivity index (χ0) is 16.7. The highest BCUT2D eigenvalue weighted by Crippen LogP contribution is 2.58. The van der Waals surface area contributed by atoms with Gasteiger partial charge in [0.05, 0.1) is 19.1 Å². The van der Waals surface area contributed by atoms with Gasteiger partial charge in [-0.15, -0.1) is 0 Å². The number of hydrogen-bond donors (Lipinski definition) is 0. The summed E-state index contributed by atoms with van der Waals surface area (Å²) in [6.45, 7) is 3.12. The fraction of sp³-hybridized carbons (Fsp3) is 0.429. The second-order valence-corrected chi connectivity index (χ2v) is 6.88. The van der Waals surface area contributed by atoms with Gasteiger partial charge in [-0.25, -0.2) is 0 Å². The van der Waals surface area contributed by atoms with E-state index >= 15 is 0 Å². The van der Waals surface area contributed by atoms with Crippen LogP contribution in [0, 0.1) is 0 Å². The highest BCUT2D eigenvalue weighted by Gasteiger charge is 2.57. The van der Waals surface area contributed by atoms with Crippen LogP contribution < -0.4 is 9.64 Å². The second kappa shape index (κ2) is 5.82. The highest BCUT2D eigenvalue weighted by molar-refractivity contribution is 5.65. The Bertz CT molecular complexity index is 727. The molecule has 0 saturated carbocycles. The molecule has 0 aliphatic carbocycles. The standard InChI is InChI=1S/C21H25NO2/c1-4-17(15-9-11-16(23-3)12-10-15)21-13-14-24-20(21)22(2)19-8-6-5-7-18(19)21/h5-12,17,20H,4,13-14H2,1-3H3/t17-,20-,21+/m0/s1. The smallest absolute Gasteiger partial charge is 0.140 e. The largest absolute Gasteiger partial charge is 0.497 e. The Balaban J connectivity index is 1.84. The molecule has 3 atom stereocenters. The molecular weight excluding hydrogens is 298 g/mol. The normalized spacial score (nSPS) is 26.1. The molecule has 2 aromatic carbocycles. The van der Waals surface area contributed by atoms with Crippen LogP contribution in [0.3, 0.4) is 0 Å². The molecule has 24 heavy (non-hydrogen) atoms. The molecule has 2 heterocycles. The van der Waals surface area contributed by atoms with Crippen molar-refractivity contribution in [3.05, 3.63) is 59.7 Å². The summed E-state index contributed by atoms with van der Waals surface area (Å²) >= 11 is 0. The number of ether oxygens (including phenoxy) is 2. The molecule has 4 rings (SSSR count). The van der Waals surface area contributed by atoms with E-state index in [1.807, 2.05) is 0 Å². The maximum Gasteiger partial charge on any atom is 0.140 e. The number of para-hydroxylation sites is 1. The highest BCUT2D eigenvalue weighted by atomic mass is 16.5. The zero-order valence-electron chi connectivity index (χ0n) is 14.7. The molecule has 2 aliphatic heterocycles. The molecule has 3 nitrogen and oxygen atoms in total. The number of rotatable bonds is 4. The Morgan fingerprint density at radius 2 is 1.96 bits per heavy atom. The lowest BCUT2D eigenvalue weighted by Gasteiger charge is -2.38. The Morgan fingerprint density at radius 1 is 1.21 bits per heavy atom. The van der Waals surface area contributed by atoms with Crippen molar-refractivity contribution in [3.63, 3.8) is 0 Å². The minimum absolute atomic E-state index is 0.0364. The van der Waals surface area contributed by atoms with Crippen molar-refractivity contribution in [1.29, 1.82) is 0 Å². The van der Waals surface area contributed by atoms with Gasteiger partial charge in [-0.1, -0.05) is 37.3 Å². The first-order valence-electron chi connectivity index (χ1n) is 8.80. The van der Waals surface area contributed by atoms with Gasteiger partial charge in [0.25, 0.3) is 0 Å². The van der Waals surface area contributed by atoms with Crippen LogP contribution in [0.1, 0.15) is 36.8 Å². The average Bonchev–Trinajstić information content (AvgIpc) is 3.16. The van der Waals surface area contributed by atoms with Gasteiger partial charge in [0.15, 0.2) is 0 Å². The van der Waals surface area contributed by atoms with Crippen molar-refractivity contribution >= 4 is 5.69 Å². The van der Waals surface area contributed by atoms with Crippen LogP contribution in [0.25, 0.3) is 0 Å². The third-order valence-corrected chi connectivity index (χ3v) is 5.92. The topological polar surface area (TPSA) is 21.7 Å². The van der Waals surface area contributed by atoms with Gasteiger partial charge in [-0.05, 0) is 48.1 Å². The molecule has 1 saturated heterocycles. The van der Waals surface area contributed by atoms with Crippen LogP contribution in [0.2, 0.25) is 0 Å². The first-order valence-corrected chi connectivity index (χ1v) is 8.80. The second-order valence-electron chi connectivity index (χ2n) is 6.88. The molecular formula is C21H25NO2. The van der Waals surface area contributed by atoms with Crippen LogP contribution in [0.5, 0.6) is 5.75 Å². The Kier molecular flexibility index (Phi) is 3.76. The first kappa shape index (κ1) is 15.5. The van der Waals surface area contributed by atoms with Gasteiger partial charge in [-0.3, -0.25) is 0 Å². The van der Waals surface area contributed by atoms with E-state index in [1.165, 1.54) is 16.8 Å².